The Morgan fingerprint density at radius 2 is 1.90 bits per heavy atom. The van der Waals surface area contributed by atoms with E-state index in [0.29, 0.717) is 24.0 Å². The first-order valence-electron chi connectivity index (χ1n) is 8.98. The maximum absolute atomic E-state index is 5.47. The predicted octanol–water partition coefficient (Wildman–Crippen LogP) is 4.48. The zero-order chi connectivity index (χ0) is 20.1. The summed E-state index contributed by atoms with van der Waals surface area (Å²) in [6.07, 6.45) is 1.81. The maximum atomic E-state index is 5.47. The molecular formula is C21H19N5O2S. The lowest BCUT2D eigenvalue weighted by Crippen LogP contribution is -2.02. The van der Waals surface area contributed by atoms with Gasteiger partial charge in [0.1, 0.15) is 5.75 Å². The van der Waals surface area contributed by atoms with Crippen LogP contribution in [0.5, 0.6) is 5.75 Å². The first-order valence-corrected chi connectivity index (χ1v) is 9.97. The van der Waals surface area contributed by atoms with Crippen LogP contribution in [0.2, 0.25) is 0 Å². The van der Waals surface area contributed by atoms with Gasteiger partial charge < -0.3 is 9.26 Å². The summed E-state index contributed by atoms with van der Waals surface area (Å²) < 4.78 is 12.8. The second-order valence-corrected chi connectivity index (χ2v) is 7.02. The number of methoxy groups -OCH3 is 1. The van der Waals surface area contributed by atoms with E-state index in [-0.39, 0.29) is 0 Å². The molecule has 0 spiro atoms. The number of hydrogen-bond donors (Lipinski definition) is 0. The molecule has 0 aliphatic carbocycles. The lowest BCUT2D eigenvalue weighted by molar-refractivity contribution is 0.416. The van der Waals surface area contributed by atoms with Crippen molar-refractivity contribution in [3.8, 4) is 28.6 Å². The second kappa shape index (κ2) is 8.74. The molecule has 0 unspecified atom stereocenters. The van der Waals surface area contributed by atoms with Gasteiger partial charge in [-0.2, -0.15) is 4.98 Å². The summed E-state index contributed by atoms with van der Waals surface area (Å²) in [5, 5.41) is 13.5. The Morgan fingerprint density at radius 1 is 1.10 bits per heavy atom. The molecule has 4 rings (SSSR count). The van der Waals surface area contributed by atoms with Gasteiger partial charge in [-0.25, -0.2) is 0 Å². The Bertz CT molecular complexity index is 1110. The summed E-state index contributed by atoms with van der Waals surface area (Å²) in [4.78, 5) is 4.47. The van der Waals surface area contributed by atoms with Gasteiger partial charge in [-0.05, 0) is 24.3 Å². The van der Waals surface area contributed by atoms with Crippen molar-refractivity contribution in [1.82, 2.24) is 24.9 Å². The average molecular weight is 405 g/mol. The Labute approximate surface area is 172 Å². The standard InChI is InChI=1S/C21H19N5O2S/c1-3-13-26-19(16-11-7-8-12-17(16)27-2)23-24-21(26)29-14-18-22-20(28-25-18)15-9-5-4-6-10-15/h3-12H,1,13-14H2,2H3. The number of ether oxygens (including phenoxy) is 1. The Hall–Kier alpha value is -3.39. The van der Waals surface area contributed by atoms with Crippen LogP contribution >= 0.6 is 11.8 Å². The van der Waals surface area contributed by atoms with Gasteiger partial charge in [0.15, 0.2) is 16.8 Å². The minimum atomic E-state index is 0.503. The fraction of sp³-hybridized carbons (Fsp3) is 0.143. The highest BCUT2D eigenvalue weighted by Crippen LogP contribution is 2.31. The minimum Gasteiger partial charge on any atom is -0.496 e. The van der Waals surface area contributed by atoms with Crippen LogP contribution in [0.15, 0.2) is 76.9 Å². The number of allylic oxidation sites excluding steroid dienone is 1. The lowest BCUT2D eigenvalue weighted by Gasteiger charge is -2.10. The first-order chi connectivity index (χ1) is 14.3. The largest absolute Gasteiger partial charge is 0.496 e. The van der Waals surface area contributed by atoms with E-state index in [2.05, 4.69) is 26.9 Å². The number of aromatic nitrogens is 5. The fourth-order valence-corrected chi connectivity index (χ4v) is 3.65. The van der Waals surface area contributed by atoms with Crippen LogP contribution in [0.25, 0.3) is 22.8 Å². The summed E-state index contributed by atoms with van der Waals surface area (Å²) in [5.74, 6) is 3.08. The van der Waals surface area contributed by atoms with Crippen molar-refractivity contribution in [2.45, 2.75) is 17.5 Å². The van der Waals surface area contributed by atoms with Crippen LogP contribution in [-0.4, -0.2) is 32.0 Å². The zero-order valence-electron chi connectivity index (χ0n) is 15.9. The summed E-state index contributed by atoms with van der Waals surface area (Å²) in [6, 6.07) is 17.4. The quantitative estimate of drug-likeness (QED) is 0.316. The predicted molar refractivity (Wildman–Crippen MR) is 112 cm³/mol. The average Bonchev–Trinajstić information content (AvgIpc) is 3.40. The monoisotopic (exact) mass is 405 g/mol. The third kappa shape index (κ3) is 4.07. The molecule has 8 heteroatoms. The summed E-state index contributed by atoms with van der Waals surface area (Å²) in [7, 11) is 1.64. The molecule has 0 saturated carbocycles. The fourth-order valence-electron chi connectivity index (χ4n) is 2.86. The van der Waals surface area contributed by atoms with Gasteiger partial charge in [-0.15, -0.1) is 16.8 Å². The van der Waals surface area contributed by atoms with Gasteiger partial charge in [0, 0.05) is 12.1 Å². The van der Waals surface area contributed by atoms with E-state index in [0.717, 1.165) is 27.9 Å². The molecule has 0 saturated heterocycles. The van der Waals surface area contributed by atoms with Crippen molar-refractivity contribution >= 4 is 11.8 Å². The SMILES string of the molecule is C=CCn1c(SCc2noc(-c3ccccc3)n2)nnc1-c1ccccc1OC. The number of hydrogen-bond acceptors (Lipinski definition) is 7. The molecule has 0 N–H and O–H groups in total. The van der Waals surface area contributed by atoms with Crippen LogP contribution in [0, 0.1) is 0 Å². The van der Waals surface area contributed by atoms with Crippen LogP contribution in [0.4, 0.5) is 0 Å². The van der Waals surface area contributed by atoms with E-state index in [1.54, 1.807) is 7.11 Å². The first kappa shape index (κ1) is 18.9. The van der Waals surface area contributed by atoms with E-state index in [1.165, 1.54) is 11.8 Å². The molecule has 2 aromatic heterocycles. The van der Waals surface area contributed by atoms with Crippen LogP contribution < -0.4 is 4.74 Å². The minimum absolute atomic E-state index is 0.503. The molecule has 0 radical (unpaired) electrons. The highest BCUT2D eigenvalue weighted by molar-refractivity contribution is 7.98. The van der Waals surface area contributed by atoms with Crippen LogP contribution in [-0.2, 0) is 12.3 Å². The molecule has 4 aromatic rings. The number of rotatable bonds is 8. The highest BCUT2D eigenvalue weighted by Gasteiger charge is 2.18. The summed E-state index contributed by atoms with van der Waals surface area (Å²) in [5.41, 5.74) is 1.77. The molecule has 146 valence electrons. The third-order valence-electron chi connectivity index (χ3n) is 4.20. The van der Waals surface area contributed by atoms with E-state index >= 15 is 0 Å². The van der Waals surface area contributed by atoms with E-state index < -0.39 is 0 Å². The summed E-state index contributed by atoms with van der Waals surface area (Å²) in [6.45, 7) is 4.43. The molecule has 0 aliphatic rings. The molecule has 0 amide bonds. The zero-order valence-corrected chi connectivity index (χ0v) is 16.7. The smallest absolute Gasteiger partial charge is 0.257 e. The molecule has 2 heterocycles. The number of benzene rings is 2. The van der Waals surface area contributed by atoms with Crippen molar-refractivity contribution < 1.29 is 9.26 Å². The number of thioether (sulfide) groups is 1. The van der Waals surface area contributed by atoms with Gasteiger partial charge in [-0.1, -0.05) is 53.3 Å². The molecule has 0 fully saturated rings. The number of nitrogens with zero attached hydrogens (tertiary/aromatic N) is 5. The maximum Gasteiger partial charge on any atom is 0.257 e. The number of para-hydroxylation sites is 1. The van der Waals surface area contributed by atoms with Crippen molar-refractivity contribution in [2.75, 3.05) is 7.11 Å². The van der Waals surface area contributed by atoms with E-state index in [1.807, 2.05) is 65.2 Å². The third-order valence-corrected chi connectivity index (χ3v) is 5.16. The van der Waals surface area contributed by atoms with Gasteiger partial charge in [0.2, 0.25) is 0 Å². The van der Waals surface area contributed by atoms with Gasteiger partial charge in [-0.3, -0.25) is 4.57 Å². The Balaban J connectivity index is 1.56. The molecule has 0 atom stereocenters. The van der Waals surface area contributed by atoms with Gasteiger partial charge >= 0.3 is 0 Å². The highest BCUT2D eigenvalue weighted by atomic mass is 32.2. The van der Waals surface area contributed by atoms with Gasteiger partial charge in [0.25, 0.3) is 5.89 Å². The molecule has 0 aliphatic heterocycles. The molecule has 7 nitrogen and oxygen atoms in total. The molecule has 2 aromatic carbocycles. The normalized spacial score (nSPS) is 10.8. The van der Waals surface area contributed by atoms with E-state index in [4.69, 9.17) is 9.26 Å². The Morgan fingerprint density at radius 3 is 2.69 bits per heavy atom. The van der Waals surface area contributed by atoms with Crippen LogP contribution in [0.3, 0.4) is 0 Å². The lowest BCUT2D eigenvalue weighted by atomic mass is 10.2. The second-order valence-electron chi connectivity index (χ2n) is 6.08. The van der Waals surface area contributed by atoms with Crippen LogP contribution in [0.1, 0.15) is 5.82 Å². The van der Waals surface area contributed by atoms with Crippen molar-refractivity contribution in [3.63, 3.8) is 0 Å². The molecule has 0 bridgehead atoms. The van der Waals surface area contributed by atoms with Gasteiger partial charge in [0.05, 0.1) is 18.4 Å². The summed E-state index contributed by atoms with van der Waals surface area (Å²) >= 11 is 1.49. The van der Waals surface area contributed by atoms with Crippen molar-refractivity contribution in [1.29, 1.82) is 0 Å². The van der Waals surface area contributed by atoms with E-state index in [9.17, 15) is 0 Å². The molecular weight excluding hydrogens is 386 g/mol. The molecule has 29 heavy (non-hydrogen) atoms. The topological polar surface area (TPSA) is 78.9 Å². The van der Waals surface area contributed by atoms with Crippen molar-refractivity contribution in [2.24, 2.45) is 0 Å². The Kier molecular flexibility index (Phi) is 5.71. The van der Waals surface area contributed by atoms with Crippen molar-refractivity contribution in [3.05, 3.63) is 73.1 Å².